The number of hydrogen-bond donors (Lipinski definition) is 1. The Morgan fingerprint density at radius 2 is 1.85 bits per heavy atom. The van der Waals surface area contributed by atoms with Crippen molar-refractivity contribution in [3.05, 3.63) is 52.6 Å². The fourth-order valence-electron chi connectivity index (χ4n) is 2.05. The molecule has 0 bridgehead atoms. The number of hydrogen-bond acceptors (Lipinski definition) is 2. The molecule has 0 aliphatic carbocycles. The summed E-state index contributed by atoms with van der Waals surface area (Å²) in [6.07, 6.45) is -0.670. The molecule has 0 amide bonds. The fraction of sp³-hybridized carbons (Fsp3) is 0.0714. The Morgan fingerprint density at radius 3 is 2.45 bits per heavy atom. The van der Waals surface area contributed by atoms with E-state index in [2.05, 4.69) is 20.9 Å². The molecule has 0 saturated carbocycles. The van der Waals surface area contributed by atoms with Crippen LogP contribution in [0.1, 0.15) is 12.0 Å². The van der Waals surface area contributed by atoms with Crippen LogP contribution in [0.15, 0.2) is 47.1 Å². The maximum atomic E-state index is 12.6. The molecule has 0 aliphatic heterocycles. The van der Waals surface area contributed by atoms with Crippen molar-refractivity contribution in [3.63, 3.8) is 0 Å². The largest absolute Gasteiger partial charge is 0.383 e. The van der Waals surface area contributed by atoms with Gasteiger partial charge in [-0.25, -0.2) is 13.8 Å². The number of benzene rings is 1. The van der Waals surface area contributed by atoms with Gasteiger partial charge in [0.05, 0.1) is 4.47 Å². The van der Waals surface area contributed by atoms with Crippen LogP contribution in [0.5, 0.6) is 0 Å². The molecule has 20 heavy (non-hydrogen) atoms. The molecular formula is C14H10BrF2N3. The van der Waals surface area contributed by atoms with Crippen molar-refractivity contribution in [2.75, 3.05) is 5.73 Å². The van der Waals surface area contributed by atoms with E-state index in [0.29, 0.717) is 22.7 Å². The van der Waals surface area contributed by atoms with E-state index in [0.717, 1.165) is 4.47 Å². The minimum Gasteiger partial charge on any atom is -0.383 e. The van der Waals surface area contributed by atoms with Crippen molar-refractivity contribution < 1.29 is 8.78 Å². The molecule has 0 saturated heterocycles. The van der Waals surface area contributed by atoms with Gasteiger partial charge in [0.15, 0.2) is 5.65 Å². The molecule has 0 unspecified atom stereocenters. The number of rotatable bonds is 2. The van der Waals surface area contributed by atoms with Crippen molar-refractivity contribution in [3.8, 4) is 11.3 Å². The van der Waals surface area contributed by atoms with Gasteiger partial charge in [-0.2, -0.15) is 0 Å². The third-order valence-corrected chi connectivity index (χ3v) is 3.69. The Hall–Kier alpha value is -1.95. The summed E-state index contributed by atoms with van der Waals surface area (Å²) in [6.45, 7) is 0. The number of alkyl halides is 2. The van der Waals surface area contributed by atoms with E-state index in [-0.39, 0.29) is 5.56 Å². The maximum Gasteiger partial charge on any atom is 0.263 e. The number of aromatic nitrogens is 2. The lowest BCUT2D eigenvalue weighted by molar-refractivity contribution is 0.151. The Kier molecular flexibility index (Phi) is 3.17. The van der Waals surface area contributed by atoms with Crippen LogP contribution in [0.2, 0.25) is 0 Å². The molecular weight excluding hydrogens is 328 g/mol. The number of nitrogens with zero attached hydrogens (tertiary/aromatic N) is 2. The standard InChI is InChI=1S/C14H10BrF2N3/c15-10-2-1-7-20-13(18)11(19-14(10)20)8-3-5-9(6-4-8)12(16)17/h1-7,12H,18H2. The Bertz CT molecular complexity index is 766. The van der Waals surface area contributed by atoms with Gasteiger partial charge in [-0.05, 0) is 28.1 Å². The third-order valence-electron chi connectivity index (χ3n) is 3.08. The zero-order chi connectivity index (χ0) is 14.3. The van der Waals surface area contributed by atoms with Gasteiger partial charge in [0.25, 0.3) is 6.43 Å². The van der Waals surface area contributed by atoms with E-state index < -0.39 is 6.43 Å². The first-order valence-corrected chi connectivity index (χ1v) is 6.68. The summed E-state index contributed by atoms with van der Waals surface area (Å²) in [4.78, 5) is 4.46. The number of nitrogens with two attached hydrogens (primary N) is 1. The second-order valence-electron chi connectivity index (χ2n) is 4.32. The van der Waals surface area contributed by atoms with Gasteiger partial charge >= 0.3 is 0 Å². The summed E-state index contributed by atoms with van der Waals surface area (Å²) < 4.78 is 27.7. The number of imidazole rings is 1. The van der Waals surface area contributed by atoms with Crippen molar-refractivity contribution in [1.29, 1.82) is 0 Å². The van der Waals surface area contributed by atoms with Crippen LogP contribution in [-0.2, 0) is 0 Å². The van der Waals surface area contributed by atoms with Crippen molar-refractivity contribution in [1.82, 2.24) is 9.38 Å². The Balaban J connectivity index is 2.14. The predicted molar refractivity (Wildman–Crippen MR) is 77.7 cm³/mol. The van der Waals surface area contributed by atoms with E-state index in [1.54, 1.807) is 22.7 Å². The first-order chi connectivity index (χ1) is 9.58. The second kappa shape index (κ2) is 4.86. The Labute approximate surface area is 122 Å². The average Bonchev–Trinajstić information content (AvgIpc) is 2.78. The molecule has 6 heteroatoms. The monoisotopic (exact) mass is 337 g/mol. The summed E-state index contributed by atoms with van der Waals surface area (Å²) in [5.41, 5.74) is 8.04. The van der Waals surface area contributed by atoms with Crippen LogP contribution in [0.3, 0.4) is 0 Å². The predicted octanol–water partition coefficient (Wildman–Crippen LogP) is 4.28. The molecule has 0 fully saturated rings. The molecule has 3 nitrogen and oxygen atoms in total. The molecule has 3 aromatic rings. The topological polar surface area (TPSA) is 43.3 Å². The van der Waals surface area contributed by atoms with Gasteiger partial charge < -0.3 is 5.73 Å². The Morgan fingerprint density at radius 1 is 1.15 bits per heavy atom. The van der Waals surface area contributed by atoms with Crippen LogP contribution in [0, 0.1) is 0 Å². The number of fused-ring (bicyclic) bond motifs is 1. The quantitative estimate of drug-likeness (QED) is 0.758. The first-order valence-electron chi connectivity index (χ1n) is 5.88. The second-order valence-corrected chi connectivity index (χ2v) is 5.17. The van der Waals surface area contributed by atoms with Gasteiger partial charge in [0.2, 0.25) is 0 Å². The van der Waals surface area contributed by atoms with Gasteiger partial charge in [-0.3, -0.25) is 4.40 Å². The van der Waals surface area contributed by atoms with Crippen LogP contribution in [-0.4, -0.2) is 9.38 Å². The van der Waals surface area contributed by atoms with Crippen LogP contribution in [0.4, 0.5) is 14.6 Å². The van der Waals surface area contributed by atoms with Crippen LogP contribution in [0.25, 0.3) is 16.9 Å². The zero-order valence-corrected chi connectivity index (χ0v) is 11.8. The minimum absolute atomic E-state index is 0.0164. The molecule has 0 radical (unpaired) electrons. The molecule has 0 atom stereocenters. The van der Waals surface area contributed by atoms with Crippen molar-refractivity contribution in [2.45, 2.75) is 6.43 Å². The lowest BCUT2D eigenvalue weighted by Crippen LogP contribution is -1.94. The van der Waals surface area contributed by atoms with Gasteiger partial charge in [0, 0.05) is 17.3 Å². The summed E-state index contributed by atoms with van der Waals surface area (Å²) in [5.74, 6) is 0.478. The average molecular weight is 338 g/mol. The lowest BCUT2D eigenvalue weighted by Gasteiger charge is -2.02. The van der Waals surface area contributed by atoms with E-state index in [1.807, 2.05) is 12.1 Å². The van der Waals surface area contributed by atoms with Gasteiger partial charge in [-0.15, -0.1) is 0 Å². The molecule has 3 rings (SSSR count). The first kappa shape index (κ1) is 13.1. The van der Waals surface area contributed by atoms with E-state index in [1.165, 1.54) is 12.1 Å². The van der Waals surface area contributed by atoms with Crippen LogP contribution >= 0.6 is 15.9 Å². The fourth-order valence-corrected chi connectivity index (χ4v) is 2.48. The summed E-state index contributed by atoms with van der Waals surface area (Å²) in [7, 11) is 0. The molecule has 2 heterocycles. The molecule has 0 spiro atoms. The van der Waals surface area contributed by atoms with Crippen molar-refractivity contribution >= 4 is 27.4 Å². The molecule has 1 aromatic carbocycles. The molecule has 0 aliphatic rings. The number of pyridine rings is 1. The number of anilines is 1. The molecule has 102 valence electrons. The number of halogens is 3. The van der Waals surface area contributed by atoms with Crippen molar-refractivity contribution in [2.24, 2.45) is 0 Å². The maximum absolute atomic E-state index is 12.6. The van der Waals surface area contributed by atoms with Crippen LogP contribution < -0.4 is 5.73 Å². The number of nitrogen functional groups attached to an aromatic ring is 1. The minimum atomic E-state index is -2.48. The molecule has 2 N–H and O–H groups in total. The van der Waals surface area contributed by atoms with E-state index in [4.69, 9.17) is 5.73 Å². The zero-order valence-electron chi connectivity index (χ0n) is 10.2. The van der Waals surface area contributed by atoms with Gasteiger partial charge in [-0.1, -0.05) is 24.3 Å². The summed E-state index contributed by atoms with van der Waals surface area (Å²) in [6, 6.07) is 9.70. The van der Waals surface area contributed by atoms with E-state index in [9.17, 15) is 8.78 Å². The SMILES string of the molecule is Nc1c(-c2ccc(C(F)F)cc2)nc2c(Br)cccn12. The van der Waals surface area contributed by atoms with E-state index >= 15 is 0 Å². The highest BCUT2D eigenvalue weighted by atomic mass is 79.9. The highest BCUT2D eigenvalue weighted by molar-refractivity contribution is 9.10. The van der Waals surface area contributed by atoms with Gasteiger partial charge in [0.1, 0.15) is 11.5 Å². The molecule has 2 aromatic heterocycles. The highest BCUT2D eigenvalue weighted by Crippen LogP contribution is 2.30. The summed E-state index contributed by atoms with van der Waals surface area (Å²) in [5, 5.41) is 0. The lowest BCUT2D eigenvalue weighted by atomic mass is 10.1. The summed E-state index contributed by atoms with van der Waals surface area (Å²) >= 11 is 3.41. The third kappa shape index (κ3) is 2.06. The normalized spacial score (nSPS) is 11.4. The highest BCUT2D eigenvalue weighted by Gasteiger charge is 2.14. The smallest absolute Gasteiger partial charge is 0.263 e.